The SMILES string of the molecule is CCCn1cncc1CNCc1nc2ccccc2s1. The monoisotopic (exact) mass is 286 g/mol. The van der Waals surface area contributed by atoms with Crippen molar-refractivity contribution in [3.8, 4) is 0 Å². The van der Waals surface area contributed by atoms with E-state index in [1.54, 1.807) is 11.3 Å². The van der Waals surface area contributed by atoms with Crippen molar-refractivity contribution in [2.24, 2.45) is 0 Å². The van der Waals surface area contributed by atoms with Gasteiger partial charge in [-0.3, -0.25) is 0 Å². The highest BCUT2D eigenvalue weighted by Gasteiger charge is 2.04. The van der Waals surface area contributed by atoms with E-state index in [0.29, 0.717) is 0 Å². The van der Waals surface area contributed by atoms with E-state index in [0.717, 1.165) is 36.6 Å². The summed E-state index contributed by atoms with van der Waals surface area (Å²) in [6, 6.07) is 8.27. The number of nitrogens with zero attached hydrogens (tertiary/aromatic N) is 3. The molecule has 0 saturated carbocycles. The van der Waals surface area contributed by atoms with Gasteiger partial charge in [0.05, 0.1) is 22.2 Å². The highest BCUT2D eigenvalue weighted by Crippen LogP contribution is 2.21. The number of rotatable bonds is 6. The van der Waals surface area contributed by atoms with Crippen molar-refractivity contribution < 1.29 is 0 Å². The summed E-state index contributed by atoms with van der Waals surface area (Å²) in [7, 11) is 0. The molecule has 0 unspecified atom stereocenters. The molecule has 0 aliphatic carbocycles. The molecule has 4 nitrogen and oxygen atoms in total. The maximum absolute atomic E-state index is 4.62. The van der Waals surface area contributed by atoms with Crippen LogP contribution < -0.4 is 5.32 Å². The van der Waals surface area contributed by atoms with Crippen molar-refractivity contribution in [3.63, 3.8) is 0 Å². The lowest BCUT2D eigenvalue weighted by Gasteiger charge is -2.06. The lowest BCUT2D eigenvalue weighted by molar-refractivity contribution is 0.600. The average Bonchev–Trinajstić information content (AvgIpc) is 3.06. The molecular formula is C15H18N4S. The first-order valence-corrected chi connectivity index (χ1v) is 7.72. The maximum atomic E-state index is 4.62. The number of hydrogen-bond acceptors (Lipinski definition) is 4. The average molecular weight is 286 g/mol. The molecule has 0 radical (unpaired) electrons. The topological polar surface area (TPSA) is 42.7 Å². The Labute approximate surface area is 122 Å². The Kier molecular flexibility index (Phi) is 4.08. The molecule has 5 heteroatoms. The van der Waals surface area contributed by atoms with Gasteiger partial charge in [0.25, 0.3) is 0 Å². The summed E-state index contributed by atoms with van der Waals surface area (Å²) in [6.07, 6.45) is 4.96. The van der Waals surface area contributed by atoms with E-state index in [4.69, 9.17) is 0 Å². The summed E-state index contributed by atoms with van der Waals surface area (Å²) in [6.45, 7) is 4.84. The summed E-state index contributed by atoms with van der Waals surface area (Å²) in [5.41, 5.74) is 2.32. The van der Waals surface area contributed by atoms with Crippen molar-refractivity contribution in [2.75, 3.05) is 0 Å². The van der Waals surface area contributed by atoms with E-state index in [2.05, 4.69) is 45.0 Å². The quantitative estimate of drug-likeness (QED) is 0.756. The van der Waals surface area contributed by atoms with Crippen LogP contribution in [0, 0.1) is 0 Å². The summed E-state index contributed by atoms with van der Waals surface area (Å²) in [5, 5.41) is 4.58. The minimum absolute atomic E-state index is 0.802. The first-order chi connectivity index (χ1) is 9.86. The number of para-hydroxylation sites is 1. The molecule has 1 aromatic carbocycles. The minimum Gasteiger partial charge on any atom is -0.333 e. The van der Waals surface area contributed by atoms with Crippen molar-refractivity contribution in [1.82, 2.24) is 19.9 Å². The van der Waals surface area contributed by atoms with Gasteiger partial charge in [-0.25, -0.2) is 9.97 Å². The zero-order valence-corrected chi connectivity index (χ0v) is 12.4. The Bertz CT molecular complexity index is 653. The number of imidazole rings is 1. The first-order valence-electron chi connectivity index (χ1n) is 6.91. The number of thiazole rings is 1. The van der Waals surface area contributed by atoms with Crippen LogP contribution in [0.1, 0.15) is 24.0 Å². The van der Waals surface area contributed by atoms with Crippen LogP contribution in [-0.4, -0.2) is 14.5 Å². The van der Waals surface area contributed by atoms with Crippen LogP contribution in [0.2, 0.25) is 0 Å². The third-order valence-corrected chi connectivity index (χ3v) is 4.22. The van der Waals surface area contributed by atoms with Gasteiger partial charge in [0, 0.05) is 25.8 Å². The van der Waals surface area contributed by atoms with Crippen LogP contribution in [0.3, 0.4) is 0 Å². The van der Waals surface area contributed by atoms with Crippen LogP contribution in [0.5, 0.6) is 0 Å². The molecule has 2 heterocycles. The Morgan fingerprint density at radius 1 is 1.25 bits per heavy atom. The first kappa shape index (κ1) is 13.3. The van der Waals surface area contributed by atoms with Crippen molar-refractivity contribution in [3.05, 3.63) is 47.5 Å². The summed E-state index contributed by atoms with van der Waals surface area (Å²) < 4.78 is 3.45. The Morgan fingerprint density at radius 3 is 3.00 bits per heavy atom. The van der Waals surface area contributed by atoms with E-state index < -0.39 is 0 Å². The molecule has 0 aliphatic rings. The van der Waals surface area contributed by atoms with Crippen molar-refractivity contribution in [1.29, 1.82) is 0 Å². The number of benzene rings is 1. The Hall–Kier alpha value is -1.72. The lowest BCUT2D eigenvalue weighted by atomic mass is 10.3. The molecule has 0 amide bonds. The summed E-state index contributed by atoms with van der Waals surface area (Å²) in [4.78, 5) is 8.84. The van der Waals surface area contributed by atoms with E-state index in [-0.39, 0.29) is 0 Å². The smallest absolute Gasteiger partial charge is 0.108 e. The minimum atomic E-state index is 0.802. The van der Waals surface area contributed by atoms with E-state index in [1.165, 1.54) is 10.4 Å². The van der Waals surface area contributed by atoms with Gasteiger partial charge in [-0.1, -0.05) is 19.1 Å². The number of fused-ring (bicyclic) bond motifs is 1. The second-order valence-electron chi connectivity index (χ2n) is 4.76. The molecule has 2 aromatic heterocycles. The highest BCUT2D eigenvalue weighted by molar-refractivity contribution is 7.18. The largest absolute Gasteiger partial charge is 0.333 e. The number of aryl methyl sites for hydroxylation is 1. The Morgan fingerprint density at radius 2 is 2.15 bits per heavy atom. The van der Waals surface area contributed by atoms with Gasteiger partial charge in [0.15, 0.2) is 0 Å². The fourth-order valence-electron chi connectivity index (χ4n) is 2.23. The van der Waals surface area contributed by atoms with E-state index in [9.17, 15) is 0 Å². The normalized spacial score (nSPS) is 11.2. The molecule has 0 bridgehead atoms. The van der Waals surface area contributed by atoms with Crippen LogP contribution >= 0.6 is 11.3 Å². The molecule has 3 rings (SSSR count). The van der Waals surface area contributed by atoms with Crippen LogP contribution in [0.25, 0.3) is 10.2 Å². The molecule has 0 aliphatic heterocycles. The summed E-state index contributed by atoms with van der Waals surface area (Å²) >= 11 is 1.75. The van der Waals surface area contributed by atoms with Crippen molar-refractivity contribution in [2.45, 2.75) is 33.0 Å². The summed E-state index contributed by atoms with van der Waals surface area (Å²) in [5.74, 6) is 0. The van der Waals surface area contributed by atoms with Gasteiger partial charge in [0.2, 0.25) is 0 Å². The molecule has 20 heavy (non-hydrogen) atoms. The highest BCUT2D eigenvalue weighted by atomic mass is 32.1. The van der Waals surface area contributed by atoms with Crippen LogP contribution in [0.15, 0.2) is 36.8 Å². The molecule has 0 spiro atoms. The third-order valence-electron chi connectivity index (χ3n) is 3.18. The predicted molar refractivity (Wildman–Crippen MR) is 82.7 cm³/mol. The van der Waals surface area contributed by atoms with Crippen molar-refractivity contribution >= 4 is 21.6 Å². The number of aromatic nitrogens is 3. The standard InChI is InChI=1S/C15H18N4S/c1-2-7-19-11-17-9-12(19)8-16-10-15-18-13-5-3-4-6-14(13)20-15/h3-6,9,11,16H,2,7-8,10H2,1H3. The van der Waals surface area contributed by atoms with Gasteiger partial charge < -0.3 is 9.88 Å². The second kappa shape index (κ2) is 6.15. The van der Waals surface area contributed by atoms with Crippen LogP contribution in [-0.2, 0) is 19.6 Å². The number of nitrogens with one attached hydrogen (secondary N) is 1. The molecule has 0 saturated heterocycles. The van der Waals surface area contributed by atoms with Gasteiger partial charge in [-0.15, -0.1) is 11.3 Å². The molecule has 3 aromatic rings. The molecule has 104 valence electrons. The zero-order valence-electron chi connectivity index (χ0n) is 11.5. The zero-order chi connectivity index (χ0) is 13.8. The molecular weight excluding hydrogens is 268 g/mol. The third kappa shape index (κ3) is 2.89. The van der Waals surface area contributed by atoms with Crippen LogP contribution in [0.4, 0.5) is 0 Å². The second-order valence-corrected chi connectivity index (χ2v) is 5.87. The van der Waals surface area contributed by atoms with Gasteiger partial charge in [0.1, 0.15) is 5.01 Å². The van der Waals surface area contributed by atoms with Gasteiger partial charge in [-0.2, -0.15) is 0 Å². The molecule has 1 N–H and O–H groups in total. The predicted octanol–water partition coefficient (Wildman–Crippen LogP) is 3.19. The van der Waals surface area contributed by atoms with E-state index in [1.807, 2.05) is 18.6 Å². The fraction of sp³-hybridized carbons (Fsp3) is 0.333. The van der Waals surface area contributed by atoms with Gasteiger partial charge in [-0.05, 0) is 18.6 Å². The van der Waals surface area contributed by atoms with Gasteiger partial charge >= 0.3 is 0 Å². The molecule has 0 atom stereocenters. The maximum Gasteiger partial charge on any atom is 0.108 e. The number of hydrogen-bond donors (Lipinski definition) is 1. The lowest BCUT2D eigenvalue weighted by Crippen LogP contribution is -2.15. The van der Waals surface area contributed by atoms with E-state index >= 15 is 0 Å². The molecule has 0 fully saturated rings. The Balaban J connectivity index is 1.60. The fourth-order valence-corrected chi connectivity index (χ4v) is 3.17.